The number of benzene rings is 1. The fraction of sp³-hybridized carbons (Fsp3) is 0.385. The minimum Gasteiger partial charge on any atom is -0.469 e. The van der Waals surface area contributed by atoms with E-state index in [1.165, 1.54) is 7.11 Å². The standard InChI is InChI=1S/C13H16O4S/c1-3-17-13(15)12-9(5-4-6-10(12)18)7-8-11(14)16-2/h4-6,18H,3,7-8H2,1-2H3. The van der Waals surface area contributed by atoms with Crippen LogP contribution in [0.2, 0.25) is 0 Å². The van der Waals surface area contributed by atoms with Crippen molar-refractivity contribution >= 4 is 24.6 Å². The Kier molecular flexibility index (Phi) is 5.71. The summed E-state index contributed by atoms with van der Waals surface area (Å²) in [5.74, 6) is -0.725. The molecule has 0 atom stereocenters. The summed E-state index contributed by atoms with van der Waals surface area (Å²) in [5.41, 5.74) is 1.16. The number of methoxy groups -OCH3 is 1. The van der Waals surface area contributed by atoms with Gasteiger partial charge in [0.1, 0.15) is 0 Å². The van der Waals surface area contributed by atoms with Crippen molar-refractivity contribution in [2.24, 2.45) is 0 Å². The third kappa shape index (κ3) is 3.77. The Morgan fingerprint density at radius 1 is 1.33 bits per heavy atom. The van der Waals surface area contributed by atoms with Gasteiger partial charge in [0.25, 0.3) is 0 Å². The van der Waals surface area contributed by atoms with Gasteiger partial charge in [0.05, 0.1) is 19.3 Å². The lowest BCUT2D eigenvalue weighted by Gasteiger charge is -2.10. The summed E-state index contributed by atoms with van der Waals surface area (Å²) in [6, 6.07) is 5.30. The number of hydrogen-bond acceptors (Lipinski definition) is 5. The molecule has 4 nitrogen and oxygen atoms in total. The van der Waals surface area contributed by atoms with E-state index in [0.29, 0.717) is 23.5 Å². The summed E-state index contributed by atoms with van der Waals surface area (Å²) in [5, 5.41) is 0. The molecule has 0 saturated carbocycles. The van der Waals surface area contributed by atoms with E-state index in [-0.39, 0.29) is 12.4 Å². The van der Waals surface area contributed by atoms with Crippen LogP contribution in [0.4, 0.5) is 0 Å². The predicted octanol–water partition coefficient (Wildman–Crippen LogP) is 2.26. The van der Waals surface area contributed by atoms with Gasteiger partial charge in [0.15, 0.2) is 0 Å². The number of aryl methyl sites for hydroxylation is 1. The van der Waals surface area contributed by atoms with Gasteiger partial charge in [-0.3, -0.25) is 4.79 Å². The van der Waals surface area contributed by atoms with E-state index in [1.54, 1.807) is 25.1 Å². The second-order valence-corrected chi connectivity index (χ2v) is 4.09. The van der Waals surface area contributed by atoms with Crippen molar-refractivity contribution in [1.82, 2.24) is 0 Å². The number of ether oxygens (including phenoxy) is 2. The molecule has 5 heteroatoms. The zero-order valence-corrected chi connectivity index (χ0v) is 11.3. The van der Waals surface area contributed by atoms with Crippen LogP contribution in [0, 0.1) is 0 Å². The third-order valence-corrected chi connectivity index (χ3v) is 2.81. The Labute approximate surface area is 112 Å². The fourth-order valence-electron chi connectivity index (χ4n) is 1.57. The molecule has 98 valence electrons. The first-order valence-corrected chi connectivity index (χ1v) is 6.09. The van der Waals surface area contributed by atoms with Gasteiger partial charge in [-0.2, -0.15) is 0 Å². The molecule has 0 bridgehead atoms. The summed E-state index contributed by atoms with van der Waals surface area (Å²) in [4.78, 5) is 23.5. The van der Waals surface area contributed by atoms with Crippen LogP contribution in [-0.4, -0.2) is 25.7 Å². The molecular weight excluding hydrogens is 252 g/mol. The lowest BCUT2D eigenvalue weighted by Crippen LogP contribution is -2.11. The molecule has 0 aliphatic heterocycles. The van der Waals surface area contributed by atoms with Crippen molar-refractivity contribution in [2.75, 3.05) is 13.7 Å². The van der Waals surface area contributed by atoms with Gasteiger partial charge in [-0.1, -0.05) is 12.1 Å². The SMILES string of the molecule is CCOC(=O)c1c(S)cccc1CCC(=O)OC. The molecule has 1 rings (SSSR count). The zero-order valence-electron chi connectivity index (χ0n) is 10.4. The lowest BCUT2D eigenvalue weighted by molar-refractivity contribution is -0.140. The largest absolute Gasteiger partial charge is 0.469 e. The lowest BCUT2D eigenvalue weighted by atomic mass is 10.0. The smallest absolute Gasteiger partial charge is 0.339 e. The maximum absolute atomic E-state index is 11.8. The van der Waals surface area contributed by atoms with Crippen molar-refractivity contribution in [3.05, 3.63) is 29.3 Å². The van der Waals surface area contributed by atoms with Gasteiger partial charge in [-0.15, -0.1) is 12.6 Å². The Morgan fingerprint density at radius 2 is 2.06 bits per heavy atom. The van der Waals surface area contributed by atoms with E-state index in [1.807, 2.05) is 0 Å². The van der Waals surface area contributed by atoms with Crippen molar-refractivity contribution in [3.8, 4) is 0 Å². The Hall–Kier alpha value is -1.49. The number of thiol groups is 1. The Balaban J connectivity index is 2.93. The highest BCUT2D eigenvalue weighted by molar-refractivity contribution is 7.80. The number of hydrogen-bond donors (Lipinski definition) is 1. The minimum absolute atomic E-state index is 0.222. The summed E-state index contributed by atoms with van der Waals surface area (Å²) in [6.45, 7) is 2.05. The van der Waals surface area contributed by atoms with E-state index < -0.39 is 5.97 Å². The van der Waals surface area contributed by atoms with Gasteiger partial charge in [-0.05, 0) is 25.0 Å². The second-order valence-electron chi connectivity index (χ2n) is 3.61. The highest BCUT2D eigenvalue weighted by Crippen LogP contribution is 2.21. The molecular formula is C13H16O4S. The average Bonchev–Trinajstić information content (AvgIpc) is 2.36. The molecule has 0 saturated heterocycles. The van der Waals surface area contributed by atoms with Gasteiger partial charge in [0.2, 0.25) is 0 Å². The molecule has 0 aromatic heterocycles. The highest BCUT2D eigenvalue weighted by Gasteiger charge is 2.16. The van der Waals surface area contributed by atoms with Crippen LogP contribution in [0.5, 0.6) is 0 Å². The molecule has 1 aromatic rings. The van der Waals surface area contributed by atoms with Crippen LogP contribution < -0.4 is 0 Å². The van der Waals surface area contributed by atoms with Crippen molar-refractivity contribution in [1.29, 1.82) is 0 Å². The monoisotopic (exact) mass is 268 g/mol. The molecule has 0 unspecified atom stereocenters. The Bertz CT molecular complexity index is 443. The van der Waals surface area contributed by atoms with Crippen molar-refractivity contribution in [3.63, 3.8) is 0 Å². The number of rotatable bonds is 5. The van der Waals surface area contributed by atoms with Crippen LogP contribution in [-0.2, 0) is 20.7 Å². The van der Waals surface area contributed by atoms with E-state index >= 15 is 0 Å². The first-order valence-electron chi connectivity index (χ1n) is 5.65. The number of carbonyl (C=O) groups excluding carboxylic acids is 2. The van der Waals surface area contributed by atoms with Crippen LogP contribution in [0.1, 0.15) is 29.3 Å². The van der Waals surface area contributed by atoms with Gasteiger partial charge < -0.3 is 9.47 Å². The molecule has 1 aromatic carbocycles. The van der Waals surface area contributed by atoms with E-state index in [0.717, 1.165) is 5.56 Å². The molecule has 0 aliphatic carbocycles. The van der Waals surface area contributed by atoms with Crippen LogP contribution in [0.25, 0.3) is 0 Å². The molecule has 0 N–H and O–H groups in total. The third-order valence-electron chi connectivity index (χ3n) is 2.43. The van der Waals surface area contributed by atoms with E-state index in [4.69, 9.17) is 4.74 Å². The van der Waals surface area contributed by atoms with Crippen LogP contribution in [0.15, 0.2) is 23.1 Å². The van der Waals surface area contributed by atoms with Crippen LogP contribution in [0.3, 0.4) is 0 Å². The quantitative estimate of drug-likeness (QED) is 0.657. The second kappa shape index (κ2) is 7.06. The summed E-state index contributed by atoms with van der Waals surface area (Å²) >= 11 is 4.25. The minimum atomic E-state index is -0.414. The van der Waals surface area contributed by atoms with E-state index in [2.05, 4.69) is 17.4 Å². The molecule has 0 heterocycles. The molecule has 0 amide bonds. The summed E-state index contributed by atoms with van der Waals surface area (Å²) < 4.78 is 9.55. The molecule has 0 fully saturated rings. The van der Waals surface area contributed by atoms with Crippen molar-refractivity contribution < 1.29 is 19.1 Å². The van der Waals surface area contributed by atoms with Crippen LogP contribution >= 0.6 is 12.6 Å². The van der Waals surface area contributed by atoms with Crippen molar-refractivity contribution in [2.45, 2.75) is 24.7 Å². The maximum Gasteiger partial charge on any atom is 0.339 e. The predicted molar refractivity (Wildman–Crippen MR) is 70.0 cm³/mol. The topological polar surface area (TPSA) is 52.6 Å². The van der Waals surface area contributed by atoms with Gasteiger partial charge in [0, 0.05) is 11.3 Å². The molecule has 0 spiro atoms. The fourth-order valence-corrected chi connectivity index (χ4v) is 1.89. The van der Waals surface area contributed by atoms with Gasteiger partial charge >= 0.3 is 11.9 Å². The zero-order chi connectivity index (χ0) is 13.5. The molecule has 18 heavy (non-hydrogen) atoms. The Morgan fingerprint density at radius 3 is 2.67 bits per heavy atom. The number of esters is 2. The summed E-state index contributed by atoms with van der Waals surface area (Å²) in [7, 11) is 1.34. The average molecular weight is 268 g/mol. The maximum atomic E-state index is 11.8. The van der Waals surface area contributed by atoms with Gasteiger partial charge in [-0.25, -0.2) is 4.79 Å². The summed E-state index contributed by atoms with van der Waals surface area (Å²) in [6.07, 6.45) is 0.648. The van der Waals surface area contributed by atoms with E-state index in [9.17, 15) is 9.59 Å². The molecule has 0 aliphatic rings. The normalized spacial score (nSPS) is 9.94. The molecule has 0 radical (unpaired) electrons. The first-order chi connectivity index (χ1) is 8.60. The first kappa shape index (κ1) is 14.6. The highest BCUT2D eigenvalue weighted by atomic mass is 32.1. The number of carbonyl (C=O) groups is 2.